The maximum absolute atomic E-state index is 12.3. The van der Waals surface area contributed by atoms with Crippen molar-refractivity contribution >= 4 is 39.8 Å². The molecule has 0 saturated carbocycles. The summed E-state index contributed by atoms with van der Waals surface area (Å²) < 4.78 is 0. The number of hydrogen-bond acceptors (Lipinski definition) is 4. The van der Waals surface area contributed by atoms with E-state index in [0.717, 1.165) is 22.5 Å². The molecule has 1 amide bonds. The Bertz CT molecular complexity index is 930. The van der Waals surface area contributed by atoms with Gasteiger partial charge in [-0.25, -0.2) is 0 Å². The second-order valence-electron chi connectivity index (χ2n) is 5.47. The quantitative estimate of drug-likeness (QED) is 0.754. The Balaban J connectivity index is 1.94. The highest BCUT2D eigenvalue weighted by atomic mass is 35.5. The van der Waals surface area contributed by atoms with Gasteiger partial charge in [-0.05, 0) is 36.8 Å². The zero-order valence-corrected chi connectivity index (χ0v) is 14.8. The highest BCUT2D eigenvalue weighted by Crippen LogP contribution is 2.35. The lowest BCUT2D eigenvalue weighted by atomic mass is 10.0. The van der Waals surface area contributed by atoms with Gasteiger partial charge in [0.15, 0.2) is 0 Å². The number of carboxylic acid groups (broad SMARTS) is 1. The standard InChI is InChI=1S/C19H14ClNO3S/c1-11-2-4-12(5-3-11)15-10-25-18(16(15)19(23)24)21-17(22)13-6-8-14(20)9-7-13/h2-10H,1H3,(H,21,22)(H,23,24)/p-1. The number of carbonyl (C=O) groups is 2. The SMILES string of the molecule is Cc1ccc(-c2csc(NC(=O)c3ccc(Cl)cc3)c2C(=O)[O-])cc1. The number of carboxylic acids is 1. The third kappa shape index (κ3) is 3.73. The first-order valence-electron chi connectivity index (χ1n) is 7.42. The van der Waals surface area contributed by atoms with Crippen LogP contribution >= 0.6 is 22.9 Å². The van der Waals surface area contributed by atoms with Crippen molar-refractivity contribution in [2.45, 2.75) is 6.92 Å². The van der Waals surface area contributed by atoms with Crippen molar-refractivity contribution in [1.29, 1.82) is 0 Å². The van der Waals surface area contributed by atoms with Crippen LogP contribution in [0.3, 0.4) is 0 Å². The number of hydrogen-bond donors (Lipinski definition) is 1. The van der Waals surface area contributed by atoms with E-state index < -0.39 is 11.9 Å². The molecule has 3 rings (SSSR count). The Labute approximate surface area is 153 Å². The largest absolute Gasteiger partial charge is 0.545 e. The molecule has 0 aliphatic heterocycles. The van der Waals surface area contributed by atoms with Gasteiger partial charge >= 0.3 is 0 Å². The van der Waals surface area contributed by atoms with E-state index in [1.165, 1.54) is 0 Å². The third-order valence-electron chi connectivity index (χ3n) is 3.69. The van der Waals surface area contributed by atoms with E-state index in [2.05, 4.69) is 5.32 Å². The molecule has 0 unspecified atom stereocenters. The fourth-order valence-corrected chi connectivity index (χ4v) is 3.45. The molecule has 0 atom stereocenters. The highest BCUT2D eigenvalue weighted by molar-refractivity contribution is 7.15. The van der Waals surface area contributed by atoms with Crippen LogP contribution in [0.4, 0.5) is 5.00 Å². The average Bonchev–Trinajstić information content (AvgIpc) is 3.00. The first-order chi connectivity index (χ1) is 12.0. The topological polar surface area (TPSA) is 69.2 Å². The molecule has 4 nitrogen and oxygen atoms in total. The summed E-state index contributed by atoms with van der Waals surface area (Å²) in [6, 6.07) is 13.8. The molecular formula is C19H13ClNO3S-. The molecule has 0 fully saturated rings. The van der Waals surface area contributed by atoms with Gasteiger partial charge in [-0.1, -0.05) is 41.4 Å². The van der Waals surface area contributed by atoms with Gasteiger partial charge in [-0.3, -0.25) is 4.79 Å². The predicted octanol–water partition coefficient (Wildman–Crippen LogP) is 3.99. The second-order valence-corrected chi connectivity index (χ2v) is 6.78. The van der Waals surface area contributed by atoms with E-state index in [1.54, 1.807) is 29.6 Å². The highest BCUT2D eigenvalue weighted by Gasteiger charge is 2.17. The minimum absolute atomic E-state index is 0.0174. The molecule has 0 aliphatic rings. The Morgan fingerprint density at radius 1 is 1.04 bits per heavy atom. The van der Waals surface area contributed by atoms with Crippen LogP contribution in [-0.2, 0) is 0 Å². The van der Waals surface area contributed by atoms with Gasteiger partial charge in [0.25, 0.3) is 5.91 Å². The summed E-state index contributed by atoms with van der Waals surface area (Å²) in [5, 5.41) is 16.7. The Morgan fingerprint density at radius 3 is 2.28 bits per heavy atom. The fourth-order valence-electron chi connectivity index (χ4n) is 2.37. The van der Waals surface area contributed by atoms with Crippen LogP contribution in [0, 0.1) is 6.92 Å². The van der Waals surface area contributed by atoms with Crippen LogP contribution < -0.4 is 10.4 Å². The van der Waals surface area contributed by atoms with Gasteiger partial charge in [0, 0.05) is 27.1 Å². The van der Waals surface area contributed by atoms with E-state index in [0.29, 0.717) is 16.1 Å². The summed E-state index contributed by atoms with van der Waals surface area (Å²) in [5.74, 6) is -1.74. The molecular weight excluding hydrogens is 358 g/mol. The number of rotatable bonds is 4. The molecule has 3 aromatic rings. The van der Waals surface area contributed by atoms with Gasteiger partial charge < -0.3 is 15.2 Å². The van der Waals surface area contributed by atoms with Crippen LogP contribution in [-0.4, -0.2) is 11.9 Å². The van der Waals surface area contributed by atoms with Crippen molar-refractivity contribution < 1.29 is 14.7 Å². The second kappa shape index (κ2) is 7.09. The van der Waals surface area contributed by atoms with Crippen molar-refractivity contribution in [1.82, 2.24) is 0 Å². The summed E-state index contributed by atoms with van der Waals surface area (Å²) in [6.07, 6.45) is 0. The smallest absolute Gasteiger partial charge is 0.256 e. The minimum atomic E-state index is -1.33. The summed E-state index contributed by atoms with van der Waals surface area (Å²) in [6.45, 7) is 1.95. The number of thiophene rings is 1. The fraction of sp³-hybridized carbons (Fsp3) is 0.0526. The lowest BCUT2D eigenvalue weighted by molar-refractivity contribution is -0.254. The average molecular weight is 371 g/mol. The molecule has 25 heavy (non-hydrogen) atoms. The summed E-state index contributed by atoms with van der Waals surface area (Å²) in [4.78, 5) is 24.0. The zero-order chi connectivity index (χ0) is 18.0. The van der Waals surface area contributed by atoms with Crippen LogP contribution in [0.15, 0.2) is 53.9 Å². The van der Waals surface area contributed by atoms with E-state index >= 15 is 0 Å². The van der Waals surface area contributed by atoms with Crippen molar-refractivity contribution in [3.05, 3.63) is 75.6 Å². The molecule has 6 heteroatoms. The number of nitrogens with one attached hydrogen (secondary N) is 1. The third-order valence-corrected chi connectivity index (χ3v) is 4.84. The van der Waals surface area contributed by atoms with E-state index in [-0.39, 0.29) is 10.6 Å². The normalized spacial score (nSPS) is 10.5. The number of amides is 1. The molecule has 2 aromatic carbocycles. The van der Waals surface area contributed by atoms with Gasteiger partial charge in [-0.15, -0.1) is 11.3 Å². The van der Waals surface area contributed by atoms with Crippen LogP contribution in [0.1, 0.15) is 26.3 Å². The monoisotopic (exact) mass is 370 g/mol. The van der Waals surface area contributed by atoms with Gasteiger partial charge in [0.1, 0.15) is 5.00 Å². The maximum atomic E-state index is 12.3. The van der Waals surface area contributed by atoms with Gasteiger partial charge in [0.2, 0.25) is 0 Å². The van der Waals surface area contributed by atoms with Gasteiger partial charge in [-0.2, -0.15) is 0 Å². The molecule has 126 valence electrons. The first-order valence-corrected chi connectivity index (χ1v) is 8.68. The lowest BCUT2D eigenvalue weighted by Gasteiger charge is -2.10. The Morgan fingerprint density at radius 2 is 1.68 bits per heavy atom. The Hall–Kier alpha value is -2.63. The minimum Gasteiger partial charge on any atom is -0.545 e. The van der Waals surface area contributed by atoms with Crippen LogP contribution in [0.2, 0.25) is 5.02 Å². The first kappa shape index (κ1) is 17.2. The molecule has 0 saturated heterocycles. The van der Waals surface area contributed by atoms with Gasteiger partial charge in [0.05, 0.1) is 5.97 Å². The summed E-state index contributed by atoms with van der Waals surface area (Å²) in [7, 11) is 0. The molecule has 1 aromatic heterocycles. The molecule has 0 radical (unpaired) electrons. The molecule has 1 N–H and O–H groups in total. The van der Waals surface area contributed by atoms with E-state index in [4.69, 9.17) is 11.6 Å². The maximum Gasteiger partial charge on any atom is 0.256 e. The van der Waals surface area contributed by atoms with Crippen LogP contribution in [0.5, 0.6) is 0 Å². The zero-order valence-electron chi connectivity index (χ0n) is 13.2. The molecule has 1 heterocycles. The van der Waals surface area contributed by atoms with Crippen molar-refractivity contribution in [3.8, 4) is 11.1 Å². The Kier molecular flexibility index (Phi) is 4.88. The molecule has 0 bridgehead atoms. The van der Waals surface area contributed by atoms with Crippen molar-refractivity contribution in [2.75, 3.05) is 5.32 Å². The summed E-state index contributed by atoms with van der Waals surface area (Å²) in [5.41, 5.74) is 2.73. The number of benzene rings is 2. The number of aryl methyl sites for hydroxylation is 1. The number of anilines is 1. The van der Waals surface area contributed by atoms with Crippen LogP contribution in [0.25, 0.3) is 11.1 Å². The number of halogens is 1. The summed E-state index contributed by atoms with van der Waals surface area (Å²) >= 11 is 6.96. The van der Waals surface area contributed by atoms with Crippen molar-refractivity contribution in [3.63, 3.8) is 0 Å². The van der Waals surface area contributed by atoms with E-state index in [1.807, 2.05) is 31.2 Å². The molecule has 0 spiro atoms. The predicted molar refractivity (Wildman–Crippen MR) is 98.2 cm³/mol. The number of aromatic carboxylic acids is 1. The van der Waals surface area contributed by atoms with E-state index in [9.17, 15) is 14.7 Å². The lowest BCUT2D eigenvalue weighted by Crippen LogP contribution is -2.24. The molecule has 0 aliphatic carbocycles. The van der Waals surface area contributed by atoms with Crippen molar-refractivity contribution in [2.24, 2.45) is 0 Å². The number of carbonyl (C=O) groups excluding carboxylic acids is 2.